The van der Waals surface area contributed by atoms with Crippen molar-refractivity contribution in [3.05, 3.63) is 0 Å². The normalized spacial score (nSPS) is 49.9. The van der Waals surface area contributed by atoms with E-state index in [1.165, 1.54) is 0 Å². The van der Waals surface area contributed by atoms with E-state index >= 15 is 0 Å². The summed E-state index contributed by atoms with van der Waals surface area (Å²) in [6.45, 7) is 24.9. The van der Waals surface area contributed by atoms with E-state index in [1.54, 1.807) is 0 Å². The molecule has 2 saturated carbocycles. The van der Waals surface area contributed by atoms with E-state index in [0.717, 1.165) is 0 Å². The van der Waals surface area contributed by atoms with E-state index in [2.05, 4.69) is 69.2 Å². The number of hydrogen-bond acceptors (Lipinski definition) is 0. The summed E-state index contributed by atoms with van der Waals surface area (Å²) in [6, 6.07) is 0. The lowest BCUT2D eigenvalue weighted by Gasteiger charge is -2.96. The van der Waals surface area contributed by atoms with Gasteiger partial charge in [-0.1, -0.05) is 69.2 Å². The topological polar surface area (TPSA) is 0 Å². The third-order valence-corrected chi connectivity index (χ3v) is 9.12. The SMILES string of the molecule is CC1(C)C(C)(C)C2(C)C(C)(C)C(C)(C)C12C. The van der Waals surface area contributed by atoms with Crippen molar-refractivity contribution in [3.8, 4) is 0 Å². The quantitative estimate of drug-likeness (QED) is 0.533. The molecular formula is C16H30. The van der Waals surface area contributed by atoms with Gasteiger partial charge in [0, 0.05) is 0 Å². The third-order valence-electron chi connectivity index (χ3n) is 9.12. The van der Waals surface area contributed by atoms with E-state index < -0.39 is 0 Å². The van der Waals surface area contributed by atoms with Crippen molar-refractivity contribution in [2.45, 2.75) is 69.2 Å². The van der Waals surface area contributed by atoms with Crippen LogP contribution < -0.4 is 0 Å². The fourth-order valence-corrected chi connectivity index (χ4v) is 6.44. The number of rotatable bonds is 0. The lowest BCUT2D eigenvalue weighted by Crippen LogP contribution is -2.91. The Bertz CT molecular complexity index is 288. The Balaban J connectivity index is 2.67. The molecule has 0 aromatic heterocycles. The van der Waals surface area contributed by atoms with Gasteiger partial charge in [0.1, 0.15) is 0 Å². The first kappa shape index (κ1) is 12.5. The Morgan fingerprint density at radius 1 is 0.312 bits per heavy atom. The second kappa shape index (κ2) is 2.27. The zero-order chi connectivity index (χ0) is 13.0. The Hall–Kier alpha value is 0. The van der Waals surface area contributed by atoms with E-state index in [0.29, 0.717) is 32.5 Å². The molecule has 0 heteroatoms. The van der Waals surface area contributed by atoms with Gasteiger partial charge in [-0.25, -0.2) is 0 Å². The van der Waals surface area contributed by atoms with Crippen molar-refractivity contribution in [2.24, 2.45) is 32.5 Å². The minimum atomic E-state index is 0.424. The number of fused-ring (bicyclic) bond motifs is 1. The molecule has 0 aromatic rings. The van der Waals surface area contributed by atoms with Crippen molar-refractivity contribution < 1.29 is 0 Å². The average Bonchev–Trinajstić information content (AvgIpc) is 2.12. The first-order valence-electron chi connectivity index (χ1n) is 6.75. The molecule has 94 valence electrons. The highest BCUT2D eigenvalue weighted by Crippen LogP contribution is 2.97. The summed E-state index contributed by atoms with van der Waals surface area (Å²) in [5, 5.41) is 0. The maximum Gasteiger partial charge on any atom is -0.0148 e. The molecule has 0 heterocycles. The van der Waals surface area contributed by atoms with E-state index in [9.17, 15) is 0 Å². The molecule has 16 heavy (non-hydrogen) atoms. The maximum atomic E-state index is 2.53. The van der Waals surface area contributed by atoms with Gasteiger partial charge in [-0.3, -0.25) is 0 Å². The van der Waals surface area contributed by atoms with Crippen LogP contribution in [0.1, 0.15) is 69.2 Å². The first-order valence-corrected chi connectivity index (χ1v) is 6.75. The molecule has 0 atom stereocenters. The second-order valence-electron chi connectivity index (χ2n) is 8.75. The van der Waals surface area contributed by atoms with E-state index in [1.807, 2.05) is 0 Å². The van der Waals surface area contributed by atoms with Gasteiger partial charge in [-0.05, 0) is 32.5 Å². The fraction of sp³-hybridized carbons (Fsp3) is 1.00. The van der Waals surface area contributed by atoms with Crippen LogP contribution in [0.3, 0.4) is 0 Å². The van der Waals surface area contributed by atoms with Gasteiger partial charge in [0.2, 0.25) is 0 Å². The molecule has 0 saturated heterocycles. The predicted octanol–water partition coefficient (Wildman–Crippen LogP) is 5.13. The molecule has 0 radical (unpaired) electrons. The molecule has 2 rings (SSSR count). The molecule has 0 unspecified atom stereocenters. The minimum Gasteiger partial charge on any atom is -0.0588 e. The van der Waals surface area contributed by atoms with Crippen LogP contribution in [0.25, 0.3) is 0 Å². The summed E-state index contributed by atoms with van der Waals surface area (Å²) in [5.74, 6) is 0. The van der Waals surface area contributed by atoms with Gasteiger partial charge in [-0.15, -0.1) is 0 Å². The lowest BCUT2D eigenvalue weighted by atomic mass is 9.08. The van der Waals surface area contributed by atoms with Gasteiger partial charge < -0.3 is 0 Å². The first-order chi connectivity index (χ1) is 6.75. The molecule has 0 amide bonds. The van der Waals surface area contributed by atoms with E-state index in [4.69, 9.17) is 0 Å². The van der Waals surface area contributed by atoms with Crippen LogP contribution in [0.5, 0.6) is 0 Å². The van der Waals surface area contributed by atoms with Crippen LogP contribution in [0.2, 0.25) is 0 Å². The van der Waals surface area contributed by atoms with Crippen LogP contribution in [0.4, 0.5) is 0 Å². The van der Waals surface area contributed by atoms with Gasteiger partial charge in [0.15, 0.2) is 0 Å². The van der Waals surface area contributed by atoms with Crippen molar-refractivity contribution in [3.63, 3.8) is 0 Å². The lowest BCUT2D eigenvalue weighted by molar-refractivity contribution is -0.490. The van der Waals surface area contributed by atoms with Crippen LogP contribution in [0, 0.1) is 32.5 Å². The minimum absolute atomic E-state index is 0.424. The van der Waals surface area contributed by atoms with Crippen LogP contribution in [-0.4, -0.2) is 0 Å². The summed E-state index contributed by atoms with van der Waals surface area (Å²) < 4.78 is 0. The summed E-state index contributed by atoms with van der Waals surface area (Å²) in [7, 11) is 0. The zero-order valence-corrected chi connectivity index (χ0v) is 13.0. The molecule has 2 aliphatic rings. The summed E-state index contributed by atoms with van der Waals surface area (Å²) in [5.41, 5.74) is 2.61. The zero-order valence-electron chi connectivity index (χ0n) is 13.0. The van der Waals surface area contributed by atoms with Crippen molar-refractivity contribution in [2.75, 3.05) is 0 Å². The largest absolute Gasteiger partial charge is 0.0588 e. The van der Waals surface area contributed by atoms with Gasteiger partial charge in [0.25, 0.3) is 0 Å². The highest BCUT2D eigenvalue weighted by atomic mass is 15.0. The predicted molar refractivity (Wildman–Crippen MR) is 71.3 cm³/mol. The summed E-state index contributed by atoms with van der Waals surface area (Å²) in [6.07, 6.45) is 0. The average molecular weight is 222 g/mol. The molecule has 0 nitrogen and oxygen atoms in total. The number of hydrogen-bond donors (Lipinski definition) is 0. The van der Waals surface area contributed by atoms with Gasteiger partial charge in [0.05, 0.1) is 0 Å². The Labute approximate surface area is 102 Å². The molecular weight excluding hydrogens is 192 g/mol. The van der Waals surface area contributed by atoms with Crippen molar-refractivity contribution >= 4 is 0 Å². The fourth-order valence-electron chi connectivity index (χ4n) is 6.44. The smallest absolute Gasteiger partial charge is 0.0148 e. The highest BCUT2D eigenvalue weighted by molar-refractivity contribution is 5.39. The second-order valence-corrected chi connectivity index (χ2v) is 8.75. The van der Waals surface area contributed by atoms with Crippen LogP contribution in [-0.2, 0) is 0 Å². The molecule has 2 fully saturated rings. The monoisotopic (exact) mass is 222 g/mol. The Morgan fingerprint density at radius 2 is 0.438 bits per heavy atom. The Morgan fingerprint density at radius 3 is 0.562 bits per heavy atom. The molecule has 0 spiro atoms. The summed E-state index contributed by atoms with van der Waals surface area (Å²) >= 11 is 0. The Kier molecular flexibility index (Phi) is 1.77. The standard InChI is InChI=1S/C16H30/c1-11(2)12(3,4)16(10)14(7,8)13(5,6)15(11,16)9/h1-10H3. The summed E-state index contributed by atoms with van der Waals surface area (Å²) in [4.78, 5) is 0. The van der Waals surface area contributed by atoms with E-state index in [-0.39, 0.29) is 0 Å². The van der Waals surface area contributed by atoms with Crippen LogP contribution >= 0.6 is 0 Å². The molecule has 0 aromatic carbocycles. The maximum absolute atomic E-state index is 2.53. The molecule has 0 N–H and O–H groups in total. The van der Waals surface area contributed by atoms with Gasteiger partial charge >= 0.3 is 0 Å². The van der Waals surface area contributed by atoms with Crippen molar-refractivity contribution in [1.29, 1.82) is 0 Å². The molecule has 0 aliphatic heterocycles. The molecule has 2 aliphatic carbocycles. The van der Waals surface area contributed by atoms with Gasteiger partial charge in [-0.2, -0.15) is 0 Å². The molecule has 0 bridgehead atoms. The third kappa shape index (κ3) is 0.596. The van der Waals surface area contributed by atoms with Crippen LogP contribution in [0.15, 0.2) is 0 Å². The van der Waals surface area contributed by atoms with Crippen molar-refractivity contribution in [1.82, 2.24) is 0 Å². The highest BCUT2D eigenvalue weighted by Gasteiger charge is 2.92.